The molecule has 1 fully saturated rings. The standard InChI is InChI=1S/C40H49N5O9/c1-24-8-13-32-28(18-24)14-17-45(32)23-25-6-5-7-30(26-9-11-27(12-10-26)35(37(50)51)38(52)53)31(20-34(47)48)36(49)44-40(15-3-2-4-16-40)39(54)43-29(19-33(41)46)22-42-21-25/h5,7-14,17-18,25,29-31,35,42H,2-4,6,15-16,19-23H2,1H3,(H2,41,46)(H,43,54)(H,44,49)(H,47,48)(H,50,51)(H,52,53)/b7-5+/t25-,29+,30-,31+/m1/s1. The number of nitrogens with one attached hydrogen (secondary N) is 3. The molecule has 2 aliphatic rings. The number of carboxylic acids is 3. The first-order chi connectivity index (χ1) is 25.8. The van der Waals surface area contributed by atoms with Gasteiger partial charge in [-0.1, -0.05) is 67.3 Å². The minimum Gasteiger partial charge on any atom is -0.481 e. The van der Waals surface area contributed by atoms with Crippen LogP contribution >= 0.6 is 0 Å². The molecule has 4 atom stereocenters. The quantitative estimate of drug-likeness (QED) is 0.118. The molecule has 5 rings (SSSR count). The second kappa shape index (κ2) is 17.5. The number of nitrogens with zero attached hydrogens (tertiary/aromatic N) is 1. The Kier molecular flexibility index (Phi) is 12.9. The first-order valence-corrected chi connectivity index (χ1v) is 18.4. The van der Waals surface area contributed by atoms with Crippen molar-refractivity contribution in [2.24, 2.45) is 17.6 Å². The van der Waals surface area contributed by atoms with E-state index in [0.717, 1.165) is 22.9 Å². The van der Waals surface area contributed by atoms with Crippen molar-refractivity contribution < 1.29 is 44.1 Å². The van der Waals surface area contributed by atoms with Crippen LogP contribution in [0.2, 0.25) is 0 Å². The van der Waals surface area contributed by atoms with Crippen molar-refractivity contribution in [1.82, 2.24) is 20.5 Å². The predicted octanol–water partition coefficient (Wildman–Crippen LogP) is 3.42. The van der Waals surface area contributed by atoms with E-state index in [4.69, 9.17) is 5.73 Å². The Labute approximate surface area is 313 Å². The largest absolute Gasteiger partial charge is 0.481 e. The summed E-state index contributed by atoms with van der Waals surface area (Å²) in [5.74, 6) is -9.92. The van der Waals surface area contributed by atoms with Gasteiger partial charge in [-0.15, -0.1) is 0 Å². The molecule has 1 aliphatic heterocycles. The Morgan fingerprint density at radius 1 is 0.926 bits per heavy atom. The number of aryl methyl sites for hydroxylation is 1. The summed E-state index contributed by atoms with van der Waals surface area (Å²) in [6.07, 6.45) is 8.24. The monoisotopic (exact) mass is 743 g/mol. The lowest BCUT2D eigenvalue weighted by Gasteiger charge is -2.39. The van der Waals surface area contributed by atoms with Crippen molar-refractivity contribution in [3.05, 3.63) is 83.6 Å². The molecule has 14 nitrogen and oxygen atoms in total. The molecule has 2 aromatic carbocycles. The molecule has 14 heteroatoms. The highest BCUT2D eigenvalue weighted by Gasteiger charge is 2.44. The minimum absolute atomic E-state index is 0.0164. The molecular weight excluding hydrogens is 694 g/mol. The third-order valence-electron chi connectivity index (χ3n) is 10.6. The third kappa shape index (κ3) is 9.72. The molecule has 1 spiro atoms. The summed E-state index contributed by atoms with van der Waals surface area (Å²) in [6.45, 7) is 3.34. The van der Waals surface area contributed by atoms with Gasteiger partial charge in [-0.25, -0.2) is 0 Å². The number of aromatic nitrogens is 1. The zero-order valence-electron chi connectivity index (χ0n) is 30.3. The lowest BCUT2D eigenvalue weighted by atomic mass is 9.78. The zero-order chi connectivity index (χ0) is 39.0. The van der Waals surface area contributed by atoms with E-state index in [0.29, 0.717) is 50.8 Å². The number of carboxylic acid groups (broad SMARTS) is 3. The first-order valence-electron chi connectivity index (χ1n) is 18.4. The molecule has 288 valence electrons. The van der Waals surface area contributed by atoms with E-state index in [2.05, 4.69) is 32.7 Å². The Morgan fingerprint density at radius 3 is 2.28 bits per heavy atom. The van der Waals surface area contributed by atoms with Crippen LogP contribution in [0.1, 0.15) is 79.9 Å². The molecule has 3 aromatic rings. The summed E-state index contributed by atoms with van der Waals surface area (Å²) in [5, 5.41) is 39.6. The van der Waals surface area contributed by atoms with Crippen molar-refractivity contribution in [3.63, 3.8) is 0 Å². The number of benzene rings is 2. The van der Waals surface area contributed by atoms with Crippen LogP contribution in [-0.2, 0) is 35.3 Å². The second-order valence-corrected chi connectivity index (χ2v) is 14.7. The predicted molar refractivity (Wildman–Crippen MR) is 199 cm³/mol. The number of allylic oxidation sites excluding steroid dienone is 2. The van der Waals surface area contributed by atoms with Gasteiger partial charge in [0.1, 0.15) is 5.54 Å². The molecule has 1 aliphatic carbocycles. The van der Waals surface area contributed by atoms with E-state index >= 15 is 0 Å². The number of fused-ring (bicyclic) bond motifs is 1. The molecule has 3 amide bonds. The minimum atomic E-state index is -1.81. The van der Waals surface area contributed by atoms with Gasteiger partial charge in [0.25, 0.3) is 0 Å². The fraction of sp³-hybridized carbons (Fsp3) is 0.450. The molecule has 0 bridgehead atoms. The molecule has 54 heavy (non-hydrogen) atoms. The maximum absolute atomic E-state index is 14.4. The van der Waals surface area contributed by atoms with Crippen molar-refractivity contribution in [2.75, 3.05) is 13.1 Å². The highest BCUT2D eigenvalue weighted by atomic mass is 16.4. The molecule has 1 aromatic heterocycles. The third-order valence-corrected chi connectivity index (χ3v) is 10.6. The van der Waals surface area contributed by atoms with Gasteiger partial charge in [0, 0.05) is 43.7 Å². The van der Waals surface area contributed by atoms with Gasteiger partial charge in [0.05, 0.1) is 18.4 Å². The van der Waals surface area contributed by atoms with Gasteiger partial charge < -0.3 is 41.6 Å². The highest BCUT2D eigenvalue weighted by molar-refractivity contribution is 5.99. The van der Waals surface area contributed by atoms with Crippen molar-refractivity contribution in [3.8, 4) is 0 Å². The number of rotatable bonds is 10. The number of nitrogens with two attached hydrogens (primary N) is 1. The molecule has 1 saturated carbocycles. The number of hydrogen-bond acceptors (Lipinski definition) is 7. The van der Waals surface area contributed by atoms with Gasteiger partial charge in [0.15, 0.2) is 5.92 Å². The van der Waals surface area contributed by atoms with Gasteiger partial charge in [-0.05, 0) is 66.8 Å². The SMILES string of the molecule is Cc1ccc2c(ccn2C[C@@H]2C/C=C/[C@H](c3ccc(C(C(=O)O)C(=O)O)cc3)[C@H](CC(=O)O)C(=O)NC3(CCCCC3)C(=O)N[C@@H](CC(N)=O)CNC2)c1. The first kappa shape index (κ1) is 39.7. The number of hydrogen-bond donors (Lipinski definition) is 7. The van der Waals surface area contributed by atoms with E-state index in [1.54, 1.807) is 6.08 Å². The Hall–Kier alpha value is -5.50. The normalized spacial score (nSPS) is 23.1. The van der Waals surface area contributed by atoms with E-state index in [1.165, 1.54) is 24.3 Å². The second-order valence-electron chi connectivity index (χ2n) is 14.7. The number of carbonyl (C=O) groups is 6. The fourth-order valence-corrected chi connectivity index (χ4v) is 7.84. The van der Waals surface area contributed by atoms with E-state index in [1.807, 2.05) is 31.3 Å². The van der Waals surface area contributed by atoms with Gasteiger partial charge in [-0.2, -0.15) is 0 Å². The topological polar surface area (TPSA) is 230 Å². The highest BCUT2D eigenvalue weighted by Crippen LogP contribution is 2.35. The van der Waals surface area contributed by atoms with Gasteiger partial charge in [-0.3, -0.25) is 28.8 Å². The molecular formula is C40H49N5O9. The maximum atomic E-state index is 14.4. The lowest BCUT2D eigenvalue weighted by molar-refractivity contribution is -0.150. The summed E-state index contributed by atoms with van der Waals surface area (Å²) >= 11 is 0. The van der Waals surface area contributed by atoms with E-state index in [-0.39, 0.29) is 24.4 Å². The number of aliphatic carboxylic acids is 3. The smallest absolute Gasteiger partial charge is 0.322 e. The molecule has 0 radical (unpaired) electrons. The fourth-order valence-electron chi connectivity index (χ4n) is 7.84. The summed E-state index contributed by atoms with van der Waals surface area (Å²) in [6, 6.07) is 13.4. The lowest BCUT2D eigenvalue weighted by Crippen LogP contribution is -2.63. The average molecular weight is 744 g/mol. The van der Waals surface area contributed by atoms with Crippen LogP contribution in [0, 0.1) is 18.8 Å². The van der Waals surface area contributed by atoms with Gasteiger partial charge >= 0.3 is 17.9 Å². The molecule has 0 saturated heterocycles. The number of amides is 3. The van der Waals surface area contributed by atoms with Crippen LogP contribution in [0.4, 0.5) is 0 Å². The van der Waals surface area contributed by atoms with E-state index < -0.39 is 71.4 Å². The number of carbonyl (C=O) groups excluding carboxylic acids is 3. The van der Waals surface area contributed by atoms with Crippen LogP contribution in [0.3, 0.4) is 0 Å². The Bertz CT molecular complexity index is 1880. The van der Waals surface area contributed by atoms with Gasteiger partial charge in [0.2, 0.25) is 17.7 Å². The van der Waals surface area contributed by atoms with Crippen molar-refractivity contribution >= 4 is 46.5 Å². The summed E-state index contributed by atoms with van der Waals surface area (Å²) < 4.78 is 2.15. The Balaban J connectivity index is 1.57. The molecule has 0 unspecified atom stereocenters. The average Bonchev–Trinajstić information content (AvgIpc) is 3.50. The summed E-state index contributed by atoms with van der Waals surface area (Å²) in [7, 11) is 0. The molecule has 8 N–H and O–H groups in total. The zero-order valence-corrected chi connectivity index (χ0v) is 30.3. The summed E-state index contributed by atoms with van der Waals surface area (Å²) in [5.41, 5.74) is 6.92. The van der Waals surface area contributed by atoms with Crippen LogP contribution in [0.25, 0.3) is 10.9 Å². The van der Waals surface area contributed by atoms with Crippen LogP contribution in [0.15, 0.2) is 66.9 Å². The van der Waals surface area contributed by atoms with Crippen LogP contribution < -0.4 is 21.7 Å². The molecule has 2 heterocycles. The van der Waals surface area contributed by atoms with Crippen molar-refractivity contribution in [2.45, 2.75) is 88.3 Å². The van der Waals surface area contributed by atoms with E-state index in [9.17, 15) is 44.1 Å². The maximum Gasteiger partial charge on any atom is 0.322 e. The van der Waals surface area contributed by atoms with Crippen molar-refractivity contribution in [1.29, 1.82) is 0 Å². The summed E-state index contributed by atoms with van der Waals surface area (Å²) in [4.78, 5) is 76.5. The Morgan fingerprint density at radius 2 is 1.63 bits per heavy atom. The van der Waals surface area contributed by atoms with Crippen LogP contribution in [0.5, 0.6) is 0 Å². The number of primary amides is 1. The van der Waals surface area contributed by atoms with Crippen LogP contribution in [-0.4, -0.2) is 80.2 Å².